The summed E-state index contributed by atoms with van der Waals surface area (Å²) in [6.45, 7) is 3.29. The first-order valence-electron chi connectivity index (χ1n) is 4.23. The molecule has 0 aliphatic heterocycles. The van der Waals surface area contributed by atoms with Gasteiger partial charge in [0.15, 0.2) is 5.78 Å². The first kappa shape index (κ1) is 11.7. The third kappa shape index (κ3) is 3.73. The monoisotopic (exact) mass is 185 g/mol. The zero-order chi connectivity index (χ0) is 10.4. The third-order valence-corrected chi connectivity index (χ3v) is 1.78. The molecule has 4 nitrogen and oxygen atoms in total. The second kappa shape index (κ2) is 5.35. The van der Waals surface area contributed by atoms with Crippen LogP contribution in [0.3, 0.4) is 0 Å². The third-order valence-electron chi connectivity index (χ3n) is 1.78. The molecule has 0 unspecified atom stereocenters. The van der Waals surface area contributed by atoms with Crippen LogP contribution >= 0.6 is 0 Å². The highest BCUT2D eigenvalue weighted by atomic mass is 16.4. The lowest BCUT2D eigenvalue weighted by atomic mass is 10.1. The molecule has 0 spiro atoms. The Balaban J connectivity index is 4.40. The SMILES string of the molecule is CCCCC(=O)C(N)=C(C)C(=O)O. The number of hydrogen-bond donors (Lipinski definition) is 2. The number of ketones is 1. The molecule has 74 valence electrons. The van der Waals surface area contributed by atoms with E-state index in [0.29, 0.717) is 6.42 Å². The van der Waals surface area contributed by atoms with Crippen molar-refractivity contribution in [3.05, 3.63) is 11.3 Å². The normalized spacial score (nSPS) is 12.2. The molecule has 0 bridgehead atoms. The molecule has 0 aromatic carbocycles. The van der Waals surface area contributed by atoms with Crippen molar-refractivity contribution in [3.63, 3.8) is 0 Å². The molecule has 0 amide bonds. The number of carboxylic acids is 1. The molecule has 0 saturated heterocycles. The summed E-state index contributed by atoms with van der Waals surface area (Å²) in [5, 5.41) is 8.54. The molecule has 0 aliphatic rings. The van der Waals surface area contributed by atoms with Gasteiger partial charge in [-0.25, -0.2) is 4.79 Å². The van der Waals surface area contributed by atoms with Gasteiger partial charge in [-0.05, 0) is 13.3 Å². The van der Waals surface area contributed by atoms with Crippen LogP contribution in [0.5, 0.6) is 0 Å². The molecule has 0 saturated carbocycles. The van der Waals surface area contributed by atoms with Gasteiger partial charge in [-0.3, -0.25) is 4.79 Å². The highest BCUT2D eigenvalue weighted by molar-refractivity contribution is 6.02. The Bertz CT molecular complexity index is 243. The Morgan fingerprint density at radius 1 is 1.38 bits per heavy atom. The van der Waals surface area contributed by atoms with Gasteiger partial charge in [0.05, 0.1) is 11.3 Å². The van der Waals surface area contributed by atoms with Crippen molar-refractivity contribution in [2.24, 2.45) is 5.73 Å². The van der Waals surface area contributed by atoms with Crippen LogP contribution in [0.15, 0.2) is 11.3 Å². The van der Waals surface area contributed by atoms with Crippen LogP contribution < -0.4 is 5.73 Å². The van der Waals surface area contributed by atoms with Crippen LogP contribution in [0.1, 0.15) is 33.1 Å². The van der Waals surface area contributed by atoms with Crippen LogP contribution in [-0.4, -0.2) is 16.9 Å². The molecule has 0 radical (unpaired) electrons. The number of carbonyl (C=O) groups excluding carboxylic acids is 1. The summed E-state index contributed by atoms with van der Waals surface area (Å²) in [6.07, 6.45) is 1.96. The minimum atomic E-state index is -1.14. The molecule has 4 heteroatoms. The maximum Gasteiger partial charge on any atom is 0.333 e. The number of hydrogen-bond acceptors (Lipinski definition) is 3. The number of carbonyl (C=O) groups is 2. The smallest absolute Gasteiger partial charge is 0.333 e. The van der Waals surface area contributed by atoms with Gasteiger partial charge in [-0.1, -0.05) is 13.3 Å². The maximum absolute atomic E-state index is 11.2. The first-order chi connectivity index (χ1) is 6.00. The van der Waals surface area contributed by atoms with E-state index in [4.69, 9.17) is 10.8 Å². The number of carboxylic acid groups (broad SMARTS) is 1. The zero-order valence-corrected chi connectivity index (χ0v) is 7.96. The number of nitrogens with two attached hydrogens (primary N) is 1. The second-order valence-electron chi connectivity index (χ2n) is 2.87. The van der Waals surface area contributed by atoms with Crippen molar-refractivity contribution in [1.29, 1.82) is 0 Å². The van der Waals surface area contributed by atoms with Crippen LogP contribution in [0.2, 0.25) is 0 Å². The predicted molar refractivity (Wildman–Crippen MR) is 49.1 cm³/mol. The van der Waals surface area contributed by atoms with E-state index in [1.54, 1.807) is 0 Å². The van der Waals surface area contributed by atoms with E-state index >= 15 is 0 Å². The molecule has 0 fully saturated rings. The van der Waals surface area contributed by atoms with Crippen molar-refractivity contribution in [2.75, 3.05) is 0 Å². The Kier molecular flexibility index (Phi) is 4.80. The molecule has 0 atom stereocenters. The molecular weight excluding hydrogens is 170 g/mol. The summed E-state index contributed by atoms with van der Waals surface area (Å²) in [6, 6.07) is 0. The lowest BCUT2D eigenvalue weighted by molar-refractivity contribution is -0.133. The van der Waals surface area contributed by atoms with Crippen LogP contribution in [0.4, 0.5) is 0 Å². The summed E-state index contributed by atoms with van der Waals surface area (Å²) in [7, 11) is 0. The number of aliphatic carboxylic acids is 1. The quantitative estimate of drug-likeness (QED) is 0.627. The highest BCUT2D eigenvalue weighted by Crippen LogP contribution is 2.05. The molecule has 0 rings (SSSR count). The minimum absolute atomic E-state index is 0.0684. The Morgan fingerprint density at radius 2 is 1.92 bits per heavy atom. The summed E-state index contributed by atoms with van der Waals surface area (Å²) in [5.74, 6) is -1.41. The van der Waals surface area contributed by atoms with Crippen molar-refractivity contribution >= 4 is 11.8 Å². The molecule has 13 heavy (non-hydrogen) atoms. The summed E-state index contributed by atoms with van der Waals surface area (Å²) in [4.78, 5) is 21.6. The van der Waals surface area contributed by atoms with E-state index < -0.39 is 5.97 Å². The summed E-state index contributed by atoms with van der Waals surface area (Å²) < 4.78 is 0. The average molecular weight is 185 g/mol. The van der Waals surface area contributed by atoms with Gasteiger partial charge in [0, 0.05) is 6.42 Å². The fourth-order valence-electron chi connectivity index (χ4n) is 0.796. The summed E-state index contributed by atoms with van der Waals surface area (Å²) >= 11 is 0. The van der Waals surface area contributed by atoms with E-state index in [9.17, 15) is 9.59 Å². The van der Waals surface area contributed by atoms with Gasteiger partial charge in [-0.2, -0.15) is 0 Å². The van der Waals surface area contributed by atoms with Crippen molar-refractivity contribution in [3.8, 4) is 0 Å². The standard InChI is InChI=1S/C9H15NO3/c1-3-4-5-7(11)8(10)6(2)9(12)13/h3-5,10H2,1-2H3,(H,12,13). The molecule has 0 heterocycles. The van der Waals surface area contributed by atoms with Crippen LogP contribution in [0.25, 0.3) is 0 Å². The van der Waals surface area contributed by atoms with Crippen LogP contribution in [-0.2, 0) is 9.59 Å². The van der Waals surface area contributed by atoms with Crippen LogP contribution in [0, 0.1) is 0 Å². The largest absolute Gasteiger partial charge is 0.478 e. The molecule has 0 aromatic rings. The van der Waals surface area contributed by atoms with Gasteiger partial charge in [0.1, 0.15) is 0 Å². The fourth-order valence-corrected chi connectivity index (χ4v) is 0.796. The van der Waals surface area contributed by atoms with Gasteiger partial charge in [0.2, 0.25) is 0 Å². The molecule has 3 N–H and O–H groups in total. The van der Waals surface area contributed by atoms with E-state index in [2.05, 4.69) is 0 Å². The number of allylic oxidation sites excluding steroid dienone is 1. The van der Waals surface area contributed by atoms with E-state index in [-0.39, 0.29) is 17.1 Å². The number of rotatable bonds is 5. The Morgan fingerprint density at radius 3 is 2.31 bits per heavy atom. The Labute approximate surface area is 77.4 Å². The first-order valence-corrected chi connectivity index (χ1v) is 4.23. The fraction of sp³-hybridized carbons (Fsp3) is 0.556. The van der Waals surface area contributed by atoms with E-state index in [0.717, 1.165) is 12.8 Å². The molecular formula is C9H15NO3. The number of Topliss-reactive ketones (excluding diaryl/α,β-unsaturated/α-hetero) is 1. The van der Waals surface area contributed by atoms with Gasteiger partial charge < -0.3 is 10.8 Å². The lowest BCUT2D eigenvalue weighted by Crippen LogP contribution is -2.16. The van der Waals surface area contributed by atoms with Gasteiger partial charge in [-0.15, -0.1) is 0 Å². The minimum Gasteiger partial charge on any atom is -0.478 e. The molecule has 0 aliphatic carbocycles. The van der Waals surface area contributed by atoms with E-state index in [1.807, 2.05) is 6.92 Å². The number of unbranched alkanes of at least 4 members (excludes halogenated alkanes) is 1. The topological polar surface area (TPSA) is 80.4 Å². The highest BCUT2D eigenvalue weighted by Gasteiger charge is 2.12. The second-order valence-corrected chi connectivity index (χ2v) is 2.87. The van der Waals surface area contributed by atoms with Crippen molar-refractivity contribution in [2.45, 2.75) is 33.1 Å². The molecule has 0 aromatic heterocycles. The predicted octanol–water partition coefficient (Wildman–Crippen LogP) is 1.06. The summed E-state index contributed by atoms with van der Waals surface area (Å²) in [5.41, 5.74) is 5.16. The maximum atomic E-state index is 11.2. The Hall–Kier alpha value is -1.32. The average Bonchev–Trinajstić information content (AvgIpc) is 2.11. The van der Waals surface area contributed by atoms with Crippen molar-refractivity contribution in [1.82, 2.24) is 0 Å². The van der Waals surface area contributed by atoms with Crippen molar-refractivity contribution < 1.29 is 14.7 Å². The zero-order valence-electron chi connectivity index (χ0n) is 7.96. The van der Waals surface area contributed by atoms with E-state index in [1.165, 1.54) is 6.92 Å². The van der Waals surface area contributed by atoms with Gasteiger partial charge >= 0.3 is 5.97 Å². The van der Waals surface area contributed by atoms with Gasteiger partial charge in [0.25, 0.3) is 0 Å². The lowest BCUT2D eigenvalue weighted by Gasteiger charge is -2.01.